The molecule has 0 saturated carbocycles. The summed E-state index contributed by atoms with van der Waals surface area (Å²) in [6.07, 6.45) is 0. The first-order valence-corrected chi connectivity index (χ1v) is 7.34. The summed E-state index contributed by atoms with van der Waals surface area (Å²) in [5.41, 5.74) is 0.471. The molecule has 8 nitrogen and oxygen atoms in total. The number of nitrogens with zero attached hydrogens (tertiary/aromatic N) is 4. The second-order valence-corrected chi connectivity index (χ2v) is 5.53. The molecule has 0 unspecified atom stereocenters. The van der Waals surface area contributed by atoms with Crippen LogP contribution in [-0.4, -0.2) is 31.1 Å². The second-order valence-electron chi connectivity index (χ2n) is 4.57. The van der Waals surface area contributed by atoms with E-state index in [4.69, 9.17) is 0 Å². The second kappa shape index (κ2) is 6.27. The Morgan fingerprint density at radius 1 is 1.33 bits per heavy atom. The fourth-order valence-corrected chi connectivity index (χ4v) is 2.90. The van der Waals surface area contributed by atoms with Crippen LogP contribution >= 0.6 is 11.8 Å². The van der Waals surface area contributed by atoms with Gasteiger partial charge in [-0.2, -0.15) is 10.1 Å². The van der Waals surface area contributed by atoms with E-state index in [1.807, 2.05) is 20.9 Å². The summed E-state index contributed by atoms with van der Waals surface area (Å²) in [6, 6.07) is 0. The summed E-state index contributed by atoms with van der Waals surface area (Å²) in [5, 5.41) is 11.4. The molecule has 0 aliphatic heterocycles. The highest BCUT2D eigenvalue weighted by Gasteiger charge is 2.16. The Bertz CT molecular complexity index is 760. The van der Waals surface area contributed by atoms with E-state index in [0.717, 1.165) is 22.8 Å². The molecule has 0 aromatic carbocycles. The number of nitrogens with one attached hydrogen (secondary N) is 2. The molecule has 114 valence electrons. The number of aromatic amines is 1. The monoisotopic (exact) mass is 310 g/mol. The van der Waals surface area contributed by atoms with Crippen molar-refractivity contribution in [1.29, 1.82) is 0 Å². The maximum absolute atomic E-state index is 11.4. The summed E-state index contributed by atoms with van der Waals surface area (Å²) in [4.78, 5) is 26.5. The van der Waals surface area contributed by atoms with E-state index < -0.39 is 11.1 Å². The molecule has 0 spiro atoms. The first kappa shape index (κ1) is 15.5. The topological polar surface area (TPSA) is 97.6 Å². The molecule has 0 atom stereocenters. The largest absolute Gasteiger partial charge is 0.339 e. The van der Waals surface area contributed by atoms with Gasteiger partial charge in [-0.3, -0.25) is 24.1 Å². The Morgan fingerprint density at radius 3 is 2.71 bits per heavy atom. The lowest BCUT2D eigenvalue weighted by Crippen LogP contribution is -2.33. The maximum atomic E-state index is 11.4. The summed E-state index contributed by atoms with van der Waals surface area (Å²) in [7, 11) is 3.48. The predicted octanol–water partition coefficient (Wildman–Crippen LogP) is -0.229. The summed E-state index contributed by atoms with van der Waals surface area (Å²) < 4.78 is 3.19. The first-order chi connectivity index (χ1) is 9.93. The number of hydrogen-bond acceptors (Lipinski definition) is 6. The van der Waals surface area contributed by atoms with Crippen molar-refractivity contribution in [1.82, 2.24) is 29.9 Å². The van der Waals surface area contributed by atoms with E-state index in [1.54, 1.807) is 11.7 Å². The highest BCUT2D eigenvalue weighted by molar-refractivity contribution is 7.99. The van der Waals surface area contributed by atoms with E-state index >= 15 is 0 Å². The minimum Gasteiger partial charge on any atom is -0.313 e. The lowest BCUT2D eigenvalue weighted by atomic mass is 10.2. The van der Waals surface area contributed by atoms with Crippen LogP contribution in [0.4, 0.5) is 0 Å². The Hall–Kier alpha value is -1.87. The molecular formula is C12H18N6O2S. The van der Waals surface area contributed by atoms with Crippen LogP contribution in [0, 0.1) is 6.92 Å². The van der Waals surface area contributed by atoms with Crippen LogP contribution in [0.3, 0.4) is 0 Å². The van der Waals surface area contributed by atoms with Gasteiger partial charge in [0.15, 0.2) is 5.16 Å². The van der Waals surface area contributed by atoms with Crippen LogP contribution in [-0.2, 0) is 20.6 Å². The van der Waals surface area contributed by atoms with E-state index in [0.29, 0.717) is 11.7 Å². The fraction of sp³-hybridized carbons (Fsp3) is 0.500. The molecule has 0 fully saturated rings. The molecule has 9 heteroatoms. The third-order valence-corrected chi connectivity index (χ3v) is 4.23. The van der Waals surface area contributed by atoms with Crippen LogP contribution in [0.2, 0.25) is 0 Å². The van der Waals surface area contributed by atoms with Gasteiger partial charge in [-0.05, 0) is 25.2 Å². The molecule has 2 heterocycles. The molecule has 2 N–H and O–H groups in total. The summed E-state index contributed by atoms with van der Waals surface area (Å²) in [6.45, 7) is 5.52. The van der Waals surface area contributed by atoms with E-state index in [9.17, 15) is 9.59 Å². The number of hydrogen-bond donors (Lipinski definition) is 2. The first-order valence-electron chi connectivity index (χ1n) is 6.52. The minimum atomic E-state index is -0.789. The van der Waals surface area contributed by atoms with Gasteiger partial charge in [0.1, 0.15) is 5.03 Å². The number of rotatable bonds is 5. The van der Waals surface area contributed by atoms with Crippen LogP contribution in [0.5, 0.6) is 0 Å². The molecule has 0 radical (unpaired) electrons. The van der Waals surface area contributed by atoms with Gasteiger partial charge in [0.2, 0.25) is 0 Å². The zero-order valence-electron chi connectivity index (χ0n) is 12.4. The maximum Gasteiger partial charge on any atom is 0.339 e. The summed E-state index contributed by atoms with van der Waals surface area (Å²) in [5.74, 6) is 0. The van der Waals surface area contributed by atoms with Crippen molar-refractivity contribution in [3.05, 3.63) is 32.0 Å². The number of H-pyrrole nitrogens is 1. The van der Waals surface area contributed by atoms with E-state index in [2.05, 4.69) is 20.5 Å². The van der Waals surface area contributed by atoms with Crippen molar-refractivity contribution < 1.29 is 0 Å². The van der Waals surface area contributed by atoms with Crippen LogP contribution in [0.15, 0.2) is 19.8 Å². The molecule has 2 rings (SSSR count). The highest BCUT2D eigenvalue weighted by atomic mass is 32.2. The Morgan fingerprint density at radius 2 is 2.05 bits per heavy atom. The molecule has 0 saturated heterocycles. The molecule has 2 aromatic rings. The molecule has 0 aliphatic rings. The average Bonchev–Trinajstić information content (AvgIpc) is 2.68. The van der Waals surface area contributed by atoms with Gasteiger partial charge < -0.3 is 5.32 Å². The van der Waals surface area contributed by atoms with Crippen molar-refractivity contribution in [3.63, 3.8) is 0 Å². The van der Waals surface area contributed by atoms with E-state index in [1.165, 1.54) is 16.4 Å². The molecule has 0 aliphatic carbocycles. The Kier molecular flexibility index (Phi) is 4.63. The summed E-state index contributed by atoms with van der Waals surface area (Å²) >= 11 is 1.30. The number of aromatic nitrogens is 5. The standard InChI is InChI=1S/C12H18N6O2S/c1-5-13-6-8-7(2)15-17(3)11(8)21-12-14-9(19)10(20)16-18(12)4/h13H,5-6H2,1-4H3,(H,16,20). The van der Waals surface area contributed by atoms with Gasteiger partial charge in [-0.25, -0.2) is 0 Å². The molecular weight excluding hydrogens is 292 g/mol. The minimum absolute atomic E-state index is 0.417. The predicted molar refractivity (Wildman–Crippen MR) is 79.5 cm³/mol. The normalized spacial score (nSPS) is 11.0. The quantitative estimate of drug-likeness (QED) is 0.741. The van der Waals surface area contributed by atoms with Gasteiger partial charge in [-0.15, -0.1) is 0 Å². The Balaban J connectivity index is 2.42. The van der Waals surface area contributed by atoms with Crippen molar-refractivity contribution in [2.45, 2.75) is 30.6 Å². The Labute approximate surface area is 125 Å². The van der Waals surface area contributed by atoms with Crippen molar-refractivity contribution in [2.75, 3.05) is 6.54 Å². The van der Waals surface area contributed by atoms with Crippen molar-refractivity contribution in [2.24, 2.45) is 14.1 Å². The van der Waals surface area contributed by atoms with Gasteiger partial charge in [0.25, 0.3) is 0 Å². The zero-order valence-corrected chi connectivity index (χ0v) is 13.2. The lowest BCUT2D eigenvalue weighted by Gasteiger charge is -2.08. The SMILES string of the molecule is CCNCc1c(C)nn(C)c1Sc1nc(=O)c(=O)[nH]n1C. The smallest absolute Gasteiger partial charge is 0.313 e. The van der Waals surface area contributed by atoms with E-state index in [-0.39, 0.29) is 0 Å². The third-order valence-electron chi connectivity index (χ3n) is 2.98. The highest BCUT2D eigenvalue weighted by Crippen LogP contribution is 2.29. The average molecular weight is 310 g/mol. The van der Waals surface area contributed by atoms with Crippen molar-refractivity contribution in [3.8, 4) is 0 Å². The van der Waals surface area contributed by atoms with Gasteiger partial charge in [0.05, 0.1) is 5.69 Å². The number of aryl methyl sites for hydroxylation is 3. The van der Waals surface area contributed by atoms with Gasteiger partial charge in [0, 0.05) is 26.2 Å². The fourth-order valence-electron chi connectivity index (χ4n) is 1.90. The lowest BCUT2D eigenvalue weighted by molar-refractivity contribution is 0.593. The van der Waals surface area contributed by atoms with Gasteiger partial charge in [-0.1, -0.05) is 6.92 Å². The molecule has 21 heavy (non-hydrogen) atoms. The molecule has 0 bridgehead atoms. The zero-order chi connectivity index (χ0) is 15.6. The van der Waals surface area contributed by atoms with Crippen LogP contribution in [0.25, 0.3) is 0 Å². The molecule has 0 amide bonds. The third kappa shape index (κ3) is 3.24. The van der Waals surface area contributed by atoms with Gasteiger partial charge >= 0.3 is 11.1 Å². The molecule has 2 aromatic heterocycles. The van der Waals surface area contributed by atoms with Crippen LogP contribution < -0.4 is 16.4 Å². The van der Waals surface area contributed by atoms with Crippen molar-refractivity contribution >= 4 is 11.8 Å². The van der Waals surface area contributed by atoms with Crippen LogP contribution in [0.1, 0.15) is 18.2 Å².